The molecule has 0 amide bonds. The number of Topliss-reactive ketones (excluding diaryl/α,β-unsaturated/α-hetero) is 1. The third-order valence-electron chi connectivity index (χ3n) is 4.84. The third kappa shape index (κ3) is 4.89. The highest BCUT2D eigenvalue weighted by Gasteiger charge is 2.41. The van der Waals surface area contributed by atoms with Gasteiger partial charge < -0.3 is 18.9 Å². The van der Waals surface area contributed by atoms with E-state index in [1.807, 2.05) is 32.0 Å². The van der Waals surface area contributed by atoms with Crippen LogP contribution in [0.1, 0.15) is 37.3 Å². The number of hydrogen-bond donors (Lipinski definition) is 0. The van der Waals surface area contributed by atoms with Crippen LogP contribution in [0.5, 0.6) is 5.75 Å². The SMILES string of the molecule is CCOC(=O)COC1CCC2C(=O)C(Oc3cc(C)cc(C)c3)=COC2C1. The maximum atomic E-state index is 12.8. The van der Waals surface area contributed by atoms with Gasteiger partial charge in [-0.2, -0.15) is 0 Å². The Balaban J connectivity index is 1.59. The third-order valence-corrected chi connectivity index (χ3v) is 4.84. The van der Waals surface area contributed by atoms with Gasteiger partial charge >= 0.3 is 5.97 Å². The number of carbonyl (C=O) groups excluding carboxylic acids is 2. The summed E-state index contributed by atoms with van der Waals surface area (Å²) in [6.07, 6.45) is 2.97. The van der Waals surface area contributed by atoms with Gasteiger partial charge in [-0.25, -0.2) is 4.79 Å². The number of esters is 1. The number of benzene rings is 1. The number of fused-ring (bicyclic) bond motifs is 1. The van der Waals surface area contributed by atoms with Crippen LogP contribution in [0.15, 0.2) is 30.2 Å². The molecule has 1 saturated carbocycles. The van der Waals surface area contributed by atoms with Gasteiger partial charge in [0.05, 0.1) is 18.6 Å². The van der Waals surface area contributed by atoms with Crippen molar-refractivity contribution in [3.05, 3.63) is 41.3 Å². The maximum Gasteiger partial charge on any atom is 0.332 e. The van der Waals surface area contributed by atoms with Crippen molar-refractivity contribution in [2.45, 2.75) is 52.2 Å². The van der Waals surface area contributed by atoms with Crippen LogP contribution in [0.25, 0.3) is 0 Å². The Labute approximate surface area is 159 Å². The van der Waals surface area contributed by atoms with Gasteiger partial charge in [-0.1, -0.05) is 6.07 Å². The summed E-state index contributed by atoms with van der Waals surface area (Å²) in [5.41, 5.74) is 2.15. The second kappa shape index (κ2) is 8.57. The quantitative estimate of drug-likeness (QED) is 0.712. The van der Waals surface area contributed by atoms with E-state index in [4.69, 9.17) is 18.9 Å². The van der Waals surface area contributed by atoms with E-state index < -0.39 is 0 Å². The molecule has 2 aliphatic rings. The molecular weight excluding hydrogens is 348 g/mol. The Morgan fingerprint density at radius 3 is 2.63 bits per heavy atom. The van der Waals surface area contributed by atoms with Gasteiger partial charge in [-0.15, -0.1) is 0 Å². The van der Waals surface area contributed by atoms with E-state index in [-0.39, 0.29) is 42.2 Å². The molecule has 1 aliphatic carbocycles. The molecule has 3 rings (SSSR count). The lowest BCUT2D eigenvalue weighted by molar-refractivity contribution is -0.154. The summed E-state index contributed by atoms with van der Waals surface area (Å²) in [4.78, 5) is 24.2. The van der Waals surface area contributed by atoms with E-state index in [1.54, 1.807) is 6.92 Å². The monoisotopic (exact) mass is 374 g/mol. The second-order valence-electron chi connectivity index (χ2n) is 7.10. The first-order chi connectivity index (χ1) is 13.0. The molecule has 0 bridgehead atoms. The summed E-state index contributed by atoms with van der Waals surface area (Å²) in [5, 5.41) is 0. The largest absolute Gasteiger partial charge is 0.493 e. The molecule has 0 saturated heterocycles. The molecule has 1 aliphatic heterocycles. The minimum atomic E-state index is -0.371. The van der Waals surface area contributed by atoms with Gasteiger partial charge in [0.1, 0.15) is 24.7 Å². The number of carbonyl (C=O) groups is 2. The molecule has 3 unspecified atom stereocenters. The highest BCUT2D eigenvalue weighted by atomic mass is 16.6. The first-order valence-electron chi connectivity index (χ1n) is 9.39. The Morgan fingerprint density at radius 2 is 1.93 bits per heavy atom. The van der Waals surface area contributed by atoms with Crippen LogP contribution >= 0.6 is 0 Å². The predicted molar refractivity (Wildman–Crippen MR) is 98.2 cm³/mol. The van der Waals surface area contributed by atoms with Gasteiger partial charge in [-0.3, -0.25) is 4.79 Å². The van der Waals surface area contributed by atoms with Crippen LogP contribution in [-0.2, 0) is 23.8 Å². The maximum absolute atomic E-state index is 12.8. The lowest BCUT2D eigenvalue weighted by Gasteiger charge is -2.37. The molecule has 0 N–H and O–H groups in total. The van der Waals surface area contributed by atoms with Crippen molar-refractivity contribution in [3.8, 4) is 5.75 Å². The number of rotatable bonds is 6. The van der Waals surface area contributed by atoms with Crippen LogP contribution in [0.4, 0.5) is 0 Å². The molecule has 6 heteroatoms. The van der Waals surface area contributed by atoms with Crippen LogP contribution < -0.4 is 4.74 Å². The zero-order chi connectivity index (χ0) is 19.4. The average Bonchev–Trinajstić information content (AvgIpc) is 2.62. The summed E-state index contributed by atoms with van der Waals surface area (Å²) >= 11 is 0. The van der Waals surface area contributed by atoms with Gasteiger partial charge in [0.2, 0.25) is 11.5 Å². The molecule has 1 aromatic carbocycles. The van der Waals surface area contributed by atoms with Crippen molar-refractivity contribution in [3.63, 3.8) is 0 Å². The Hall–Kier alpha value is -2.34. The highest BCUT2D eigenvalue weighted by molar-refractivity contribution is 5.96. The normalized spacial score (nSPS) is 24.5. The molecule has 6 nitrogen and oxygen atoms in total. The summed E-state index contributed by atoms with van der Waals surface area (Å²) in [6, 6.07) is 5.84. The molecule has 0 radical (unpaired) electrons. The Morgan fingerprint density at radius 1 is 1.19 bits per heavy atom. The topological polar surface area (TPSA) is 71.1 Å². The first-order valence-corrected chi connectivity index (χ1v) is 9.39. The number of allylic oxidation sites excluding steroid dienone is 1. The zero-order valence-electron chi connectivity index (χ0n) is 16.0. The van der Waals surface area contributed by atoms with Crippen LogP contribution in [0, 0.1) is 19.8 Å². The fourth-order valence-corrected chi connectivity index (χ4v) is 3.67. The summed E-state index contributed by atoms with van der Waals surface area (Å²) < 4.78 is 22.1. The fourth-order valence-electron chi connectivity index (χ4n) is 3.67. The molecule has 1 aromatic rings. The molecule has 1 fully saturated rings. The standard InChI is InChI=1S/C21H26O6/c1-4-24-20(22)12-25-15-5-6-17-18(10-15)26-11-19(21(17)23)27-16-8-13(2)7-14(3)9-16/h7-9,11,15,17-18H,4-6,10,12H2,1-3H3. The first kappa shape index (κ1) is 19.4. The minimum absolute atomic E-state index is 0.0331. The molecule has 0 spiro atoms. The fraction of sp³-hybridized carbons (Fsp3) is 0.524. The molecule has 1 heterocycles. The Bertz CT molecular complexity index is 718. The molecule has 27 heavy (non-hydrogen) atoms. The smallest absolute Gasteiger partial charge is 0.332 e. The van der Waals surface area contributed by atoms with E-state index in [2.05, 4.69) is 0 Å². The van der Waals surface area contributed by atoms with Crippen molar-refractivity contribution in [1.29, 1.82) is 0 Å². The van der Waals surface area contributed by atoms with Crippen LogP contribution in [0.3, 0.4) is 0 Å². The zero-order valence-corrected chi connectivity index (χ0v) is 16.0. The van der Waals surface area contributed by atoms with E-state index in [1.165, 1.54) is 6.26 Å². The minimum Gasteiger partial charge on any atom is -0.493 e. The van der Waals surface area contributed by atoms with Crippen LogP contribution in [-0.4, -0.2) is 37.2 Å². The lowest BCUT2D eigenvalue weighted by atomic mass is 9.80. The molecule has 146 valence electrons. The van der Waals surface area contributed by atoms with Gasteiger partial charge in [0.25, 0.3) is 0 Å². The van der Waals surface area contributed by atoms with E-state index in [0.29, 0.717) is 31.6 Å². The van der Waals surface area contributed by atoms with Crippen LogP contribution in [0.2, 0.25) is 0 Å². The highest BCUT2D eigenvalue weighted by Crippen LogP contribution is 2.35. The molecular formula is C21H26O6. The second-order valence-corrected chi connectivity index (χ2v) is 7.10. The average molecular weight is 374 g/mol. The van der Waals surface area contributed by atoms with E-state index in [9.17, 15) is 9.59 Å². The summed E-state index contributed by atoms with van der Waals surface area (Å²) in [5.74, 6) is 0.240. The molecule has 3 atom stereocenters. The van der Waals surface area contributed by atoms with Crippen molar-refractivity contribution < 1.29 is 28.5 Å². The van der Waals surface area contributed by atoms with Gasteiger partial charge in [0.15, 0.2) is 0 Å². The summed E-state index contributed by atoms with van der Waals surface area (Å²) in [6.45, 7) is 6.00. The van der Waals surface area contributed by atoms with Gasteiger partial charge in [0, 0.05) is 6.42 Å². The van der Waals surface area contributed by atoms with Crippen molar-refractivity contribution >= 4 is 11.8 Å². The Kier molecular flexibility index (Phi) is 6.16. The number of ketones is 1. The number of aryl methyl sites for hydroxylation is 2. The van der Waals surface area contributed by atoms with Crippen molar-refractivity contribution in [1.82, 2.24) is 0 Å². The molecule has 0 aromatic heterocycles. The van der Waals surface area contributed by atoms with Crippen molar-refractivity contribution in [2.24, 2.45) is 5.92 Å². The number of hydrogen-bond acceptors (Lipinski definition) is 6. The number of ether oxygens (including phenoxy) is 4. The van der Waals surface area contributed by atoms with Gasteiger partial charge in [-0.05, 0) is 56.9 Å². The lowest BCUT2D eigenvalue weighted by Crippen LogP contribution is -2.42. The predicted octanol–water partition coefficient (Wildman–Crippen LogP) is 3.24. The van der Waals surface area contributed by atoms with E-state index >= 15 is 0 Å². The van der Waals surface area contributed by atoms with E-state index in [0.717, 1.165) is 11.1 Å². The summed E-state index contributed by atoms with van der Waals surface area (Å²) in [7, 11) is 0. The van der Waals surface area contributed by atoms with Crippen molar-refractivity contribution in [2.75, 3.05) is 13.2 Å².